The molecule has 0 amide bonds. The number of para-hydroxylation sites is 2. The minimum atomic E-state index is 1.18. The first-order valence-electron chi connectivity index (χ1n) is 15.8. The second-order valence-electron chi connectivity index (χ2n) is 12.1. The lowest BCUT2D eigenvalue weighted by Crippen LogP contribution is -1.93. The number of rotatable bonds is 3. The number of aromatic nitrogens is 1. The van der Waals surface area contributed by atoms with Gasteiger partial charge in [0.15, 0.2) is 0 Å². The fraction of sp³-hybridized carbons (Fsp3) is 0. The van der Waals surface area contributed by atoms with Gasteiger partial charge in [0.25, 0.3) is 0 Å². The highest BCUT2D eigenvalue weighted by Crippen LogP contribution is 2.49. The Morgan fingerprint density at radius 1 is 0.370 bits per heavy atom. The van der Waals surface area contributed by atoms with Crippen LogP contribution in [-0.2, 0) is 0 Å². The van der Waals surface area contributed by atoms with Crippen LogP contribution in [0.4, 0.5) is 0 Å². The Kier molecular flexibility index (Phi) is 5.58. The number of hydrogen-bond acceptors (Lipinski definition) is 1. The first-order chi connectivity index (χ1) is 22.8. The van der Waals surface area contributed by atoms with Crippen molar-refractivity contribution in [2.24, 2.45) is 0 Å². The van der Waals surface area contributed by atoms with E-state index in [-0.39, 0.29) is 0 Å². The Labute approximate surface area is 271 Å². The van der Waals surface area contributed by atoms with E-state index in [0.717, 1.165) is 0 Å². The van der Waals surface area contributed by atoms with Gasteiger partial charge in [0.1, 0.15) is 0 Å². The van der Waals surface area contributed by atoms with E-state index in [0.29, 0.717) is 0 Å². The zero-order valence-corrected chi connectivity index (χ0v) is 25.8. The highest BCUT2D eigenvalue weighted by Gasteiger charge is 2.20. The number of nitrogens with zero attached hydrogens (tertiary/aromatic N) is 1. The van der Waals surface area contributed by atoms with Gasteiger partial charge in [-0.1, -0.05) is 133 Å². The summed E-state index contributed by atoms with van der Waals surface area (Å²) < 4.78 is 2.40. The molecule has 8 aromatic carbocycles. The Balaban J connectivity index is 1.12. The molecule has 0 unspecified atom stereocenters. The average Bonchev–Trinajstić information content (AvgIpc) is 3.47. The molecule has 0 saturated carbocycles. The fourth-order valence-electron chi connectivity index (χ4n) is 7.52. The van der Waals surface area contributed by atoms with Gasteiger partial charge in [-0.15, -0.1) is 0 Å². The van der Waals surface area contributed by atoms with Crippen LogP contribution in [-0.4, -0.2) is 4.57 Å². The largest absolute Gasteiger partial charge is 0.309 e. The van der Waals surface area contributed by atoms with Crippen molar-refractivity contribution < 1.29 is 0 Å². The van der Waals surface area contributed by atoms with Crippen LogP contribution in [0.1, 0.15) is 0 Å². The molecule has 0 N–H and O–H groups in total. The second kappa shape index (κ2) is 9.97. The van der Waals surface area contributed by atoms with Gasteiger partial charge >= 0.3 is 0 Å². The topological polar surface area (TPSA) is 4.93 Å². The van der Waals surface area contributed by atoms with E-state index in [1.165, 1.54) is 92.2 Å². The van der Waals surface area contributed by atoms with Gasteiger partial charge in [0.2, 0.25) is 0 Å². The van der Waals surface area contributed by atoms with E-state index in [2.05, 4.69) is 168 Å². The van der Waals surface area contributed by atoms with E-state index >= 15 is 0 Å². The minimum absolute atomic E-state index is 1.18. The summed E-state index contributed by atoms with van der Waals surface area (Å²) in [7, 11) is 0. The summed E-state index contributed by atoms with van der Waals surface area (Å²) in [5.74, 6) is 0. The molecule has 1 aromatic heterocycles. The van der Waals surface area contributed by atoms with Crippen molar-refractivity contribution in [2.45, 2.75) is 9.79 Å². The van der Waals surface area contributed by atoms with Crippen molar-refractivity contribution in [3.63, 3.8) is 0 Å². The molecule has 0 saturated heterocycles. The van der Waals surface area contributed by atoms with E-state index in [9.17, 15) is 0 Å². The number of hydrogen-bond donors (Lipinski definition) is 0. The van der Waals surface area contributed by atoms with Crippen molar-refractivity contribution in [1.82, 2.24) is 4.57 Å². The predicted octanol–water partition coefficient (Wildman–Crippen LogP) is 12.6. The maximum absolute atomic E-state index is 2.40. The Bertz CT molecular complexity index is 2640. The smallest absolute Gasteiger partial charge is 0.0547 e. The molecule has 2 heteroatoms. The number of benzene rings is 8. The Morgan fingerprint density at radius 2 is 1.07 bits per heavy atom. The average molecular weight is 602 g/mol. The van der Waals surface area contributed by atoms with Crippen LogP contribution in [0, 0.1) is 0 Å². The second-order valence-corrected chi connectivity index (χ2v) is 13.2. The molecule has 0 fully saturated rings. The first-order valence-corrected chi connectivity index (χ1v) is 16.6. The lowest BCUT2D eigenvalue weighted by molar-refractivity contribution is 1.18. The summed E-state index contributed by atoms with van der Waals surface area (Å²) in [6.45, 7) is 0. The third-order valence-corrected chi connectivity index (χ3v) is 10.7. The van der Waals surface area contributed by atoms with Crippen LogP contribution in [0.3, 0.4) is 0 Å². The predicted molar refractivity (Wildman–Crippen MR) is 196 cm³/mol. The van der Waals surface area contributed by atoms with Crippen LogP contribution < -0.4 is 0 Å². The van der Waals surface area contributed by atoms with Crippen LogP contribution in [0.5, 0.6) is 0 Å². The molecular weight excluding hydrogens is 575 g/mol. The lowest BCUT2D eigenvalue weighted by atomic mass is 9.92. The molecule has 1 aliphatic rings. The summed E-state index contributed by atoms with van der Waals surface area (Å²) in [5.41, 5.74) is 11.2. The van der Waals surface area contributed by atoms with Gasteiger partial charge in [-0.25, -0.2) is 0 Å². The molecule has 214 valence electrons. The van der Waals surface area contributed by atoms with Gasteiger partial charge in [0.05, 0.1) is 11.0 Å². The van der Waals surface area contributed by atoms with Crippen molar-refractivity contribution >= 4 is 55.1 Å². The van der Waals surface area contributed by atoms with Crippen molar-refractivity contribution in [1.29, 1.82) is 0 Å². The monoisotopic (exact) mass is 601 g/mol. The van der Waals surface area contributed by atoms with Gasteiger partial charge in [-0.05, 0) is 92.0 Å². The molecule has 46 heavy (non-hydrogen) atoms. The van der Waals surface area contributed by atoms with E-state index in [1.54, 1.807) is 0 Å². The normalized spacial score (nSPS) is 12.3. The van der Waals surface area contributed by atoms with E-state index in [1.807, 2.05) is 11.8 Å². The molecule has 0 aliphatic carbocycles. The molecule has 2 heterocycles. The first kappa shape index (κ1) is 25.7. The summed E-state index contributed by atoms with van der Waals surface area (Å²) in [4.78, 5) is 2.66. The summed E-state index contributed by atoms with van der Waals surface area (Å²) in [5, 5.41) is 7.81. The summed E-state index contributed by atoms with van der Waals surface area (Å²) in [6, 6.07) is 60.2. The van der Waals surface area contributed by atoms with Crippen LogP contribution in [0.2, 0.25) is 0 Å². The van der Waals surface area contributed by atoms with E-state index in [4.69, 9.17) is 0 Å². The van der Waals surface area contributed by atoms with E-state index < -0.39 is 0 Å². The highest BCUT2D eigenvalue weighted by atomic mass is 32.2. The van der Waals surface area contributed by atoms with Crippen LogP contribution in [0.25, 0.3) is 82.4 Å². The zero-order chi connectivity index (χ0) is 30.2. The zero-order valence-electron chi connectivity index (χ0n) is 24.9. The van der Waals surface area contributed by atoms with Gasteiger partial charge < -0.3 is 4.57 Å². The molecule has 10 rings (SSSR count). The molecule has 1 nitrogen and oxygen atoms in total. The van der Waals surface area contributed by atoms with Crippen LogP contribution in [0.15, 0.2) is 174 Å². The maximum atomic E-state index is 2.40. The Morgan fingerprint density at radius 3 is 1.91 bits per heavy atom. The van der Waals surface area contributed by atoms with Gasteiger partial charge in [0, 0.05) is 31.6 Å². The quantitative estimate of drug-likeness (QED) is 0.195. The molecule has 9 aromatic rings. The summed E-state index contributed by atoms with van der Waals surface area (Å²) >= 11 is 1.88. The van der Waals surface area contributed by atoms with Crippen molar-refractivity contribution in [3.05, 3.63) is 164 Å². The minimum Gasteiger partial charge on any atom is -0.309 e. The molecule has 0 radical (unpaired) electrons. The van der Waals surface area contributed by atoms with Gasteiger partial charge in [-0.2, -0.15) is 0 Å². The fourth-order valence-corrected chi connectivity index (χ4v) is 8.65. The van der Waals surface area contributed by atoms with Crippen molar-refractivity contribution in [2.75, 3.05) is 0 Å². The lowest BCUT2D eigenvalue weighted by Gasteiger charge is -2.21. The summed E-state index contributed by atoms with van der Waals surface area (Å²) in [6.07, 6.45) is 0. The third-order valence-electron chi connectivity index (χ3n) is 9.58. The van der Waals surface area contributed by atoms with Crippen molar-refractivity contribution in [3.8, 4) is 39.1 Å². The molecule has 0 spiro atoms. The molecule has 1 aliphatic heterocycles. The SMILES string of the molecule is c1ccc(-n2c3ccccc3c3c4c(-c5ccc(-c6ccc7c(c6)-c6cccc8cccc(c68)S7)cc5)cccc4ccc32)cc1. The third kappa shape index (κ3) is 3.77. The highest BCUT2D eigenvalue weighted by molar-refractivity contribution is 7.99. The molecule has 0 atom stereocenters. The Hall–Kier alpha value is -5.57. The number of fused-ring (bicyclic) bond motifs is 7. The molecular formula is C44H27NS. The van der Waals surface area contributed by atoms with Gasteiger partial charge in [-0.3, -0.25) is 0 Å². The van der Waals surface area contributed by atoms with Crippen LogP contribution >= 0.6 is 11.8 Å². The maximum Gasteiger partial charge on any atom is 0.0547 e. The molecule has 0 bridgehead atoms. The standard InChI is InChI=1S/C44H27NS/c1-2-12-33(13-3-1)45-38-17-5-4-14-36(38)44-39(45)25-23-31-10-6-15-34(43(31)44)29-21-19-28(20-22-29)32-24-26-40-37(27-32)35-16-7-9-30-11-8-18-41(46-40)42(30)35/h1-27H.